The molecule has 1 aliphatic rings. The molecule has 4 rings (SSSR count). The Balaban J connectivity index is 1.34. The highest BCUT2D eigenvalue weighted by Gasteiger charge is 2.37. The van der Waals surface area contributed by atoms with E-state index in [4.69, 9.17) is 4.74 Å². The third-order valence-corrected chi connectivity index (χ3v) is 5.72. The van der Waals surface area contributed by atoms with Gasteiger partial charge in [0.25, 0.3) is 11.5 Å². The first kappa shape index (κ1) is 25.0. The number of alkyl halides is 3. The van der Waals surface area contributed by atoms with E-state index in [-0.39, 0.29) is 12.5 Å². The Hall–Kier alpha value is -4.10. The first-order valence-corrected chi connectivity index (χ1v) is 11.1. The highest BCUT2D eigenvalue weighted by molar-refractivity contribution is 5.94. The van der Waals surface area contributed by atoms with Gasteiger partial charge >= 0.3 is 6.18 Å². The van der Waals surface area contributed by atoms with Crippen LogP contribution in [0.4, 0.5) is 24.8 Å². The van der Waals surface area contributed by atoms with Crippen molar-refractivity contribution in [2.75, 3.05) is 43.5 Å². The second kappa shape index (κ2) is 10.3. The quantitative estimate of drug-likeness (QED) is 0.498. The molecule has 14 heteroatoms. The number of carbonyl (C=O) groups is 1. The number of carbonyl (C=O) groups excluding carboxylic acids is 1. The van der Waals surface area contributed by atoms with Crippen molar-refractivity contribution in [3.63, 3.8) is 0 Å². The first-order valence-electron chi connectivity index (χ1n) is 11.1. The lowest BCUT2D eigenvalue weighted by Crippen LogP contribution is -2.49. The molecule has 1 amide bonds. The minimum absolute atomic E-state index is 0.136. The maximum atomic E-state index is 13.3. The lowest BCUT2D eigenvalue weighted by molar-refractivity contribution is -0.138. The number of nitrogens with zero attached hydrogens (tertiary/aromatic N) is 6. The number of methoxy groups -OCH3 is 1. The predicted octanol–water partition coefficient (Wildman–Crippen LogP) is 1.85. The van der Waals surface area contributed by atoms with Crippen LogP contribution in [-0.4, -0.2) is 74.9 Å². The Bertz CT molecular complexity index is 1250. The van der Waals surface area contributed by atoms with Crippen molar-refractivity contribution in [3.05, 3.63) is 58.5 Å². The van der Waals surface area contributed by atoms with Crippen molar-refractivity contribution in [3.8, 4) is 5.75 Å². The van der Waals surface area contributed by atoms with E-state index in [0.29, 0.717) is 43.4 Å². The van der Waals surface area contributed by atoms with E-state index in [2.05, 4.69) is 20.4 Å². The molecule has 0 saturated carbocycles. The van der Waals surface area contributed by atoms with Gasteiger partial charge in [0.1, 0.15) is 5.56 Å². The van der Waals surface area contributed by atoms with Crippen LogP contribution < -0.4 is 20.5 Å². The van der Waals surface area contributed by atoms with Crippen molar-refractivity contribution >= 4 is 17.5 Å². The van der Waals surface area contributed by atoms with Crippen LogP contribution in [0.5, 0.6) is 5.75 Å². The standard InChI is InChI=1S/C22H25F3N8O3/c1-14(29-17-11-28-30-19(34)18(17)22(23,24)25)12-31-4-3-15(13-31)20(35)32-5-7-33(8-6-32)21-26-9-16(36-2)10-27-21/h3-4,9-11,13-14H,5-8,12H2,1-2H3,(H2,29,30,34)/t14-/m0/s1. The lowest BCUT2D eigenvalue weighted by Gasteiger charge is -2.34. The van der Waals surface area contributed by atoms with Gasteiger partial charge < -0.3 is 24.4 Å². The van der Waals surface area contributed by atoms with Gasteiger partial charge in [-0.15, -0.1) is 0 Å². The summed E-state index contributed by atoms with van der Waals surface area (Å²) in [5, 5.41) is 7.95. The Morgan fingerprint density at radius 3 is 2.53 bits per heavy atom. The zero-order valence-electron chi connectivity index (χ0n) is 19.6. The number of aromatic amines is 1. The minimum atomic E-state index is -4.82. The number of aromatic nitrogens is 5. The molecule has 1 atom stereocenters. The molecule has 1 saturated heterocycles. The van der Waals surface area contributed by atoms with Crippen LogP contribution in [0.25, 0.3) is 0 Å². The summed E-state index contributed by atoms with van der Waals surface area (Å²) in [6, 6.07) is 1.18. The normalized spacial score (nSPS) is 15.0. The van der Waals surface area contributed by atoms with Gasteiger partial charge in [-0.3, -0.25) is 9.59 Å². The molecule has 192 valence electrons. The Kier molecular flexibility index (Phi) is 7.12. The summed E-state index contributed by atoms with van der Waals surface area (Å²) in [6.45, 7) is 4.07. The number of rotatable bonds is 7. The molecule has 3 aromatic heterocycles. The molecular formula is C22H25F3N8O3. The number of hydrogen-bond donors (Lipinski definition) is 2. The van der Waals surface area contributed by atoms with Crippen molar-refractivity contribution in [2.24, 2.45) is 0 Å². The summed E-state index contributed by atoms with van der Waals surface area (Å²) in [7, 11) is 1.54. The molecular weight excluding hydrogens is 481 g/mol. The minimum Gasteiger partial charge on any atom is -0.494 e. The predicted molar refractivity (Wildman–Crippen MR) is 124 cm³/mol. The second-order valence-corrected chi connectivity index (χ2v) is 8.33. The van der Waals surface area contributed by atoms with Crippen LogP contribution >= 0.6 is 0 Å². The SMILES string of the molecule is COc1cnc(N2CCN(C(=O)c3ccn(C[C@H](C)Nc4cn[nH]c(=O)c4C(F)(F)F)c3)CC2)nc1. The van der Waals surface area contributed by atoms with E-state index in [1.54, 1.807) is 59.5 Å². The highest BCUT2D eigenvalue weighted by Crippen LogP contribution is 2.31. The van der Waals surface area contributed by atoms with Gasteiger partial charge in [-0.1, -0.05) is 0 Å². The van der Waals surface area contributed by atoms with Crippen LogP contribution in [0.2, 0.25) is 0 Å². The van der Waals surface area contributed by atoms with Gasteiger partial charge in [-0.05, 0) is 13.0 Å². The molecule has 11 nitrogen and oxygen atoms in total. The van der Waals surface area contributed by atoms with Gasteiger partial charge in [-0.2, -0.15) is 18.3 Å². The number of amides is 1. The zero-order chi connectivity index (χ0) is 25.9. The molecule has 0 aromatic carbocycles. The molecule has 4 heterocycles. The number of anilines is 2. The number of halogens is 3. The molecule has 1 fully saturated rings. The largest absolute Gasteiger partial charge is 0.494 e. The molecule has 36 heavy (non-hydrogen) atoms. The number of ether oxygens (including phenoxy) is 1. The smallest absolute Gasteiger partial charge is 0.423 e. The van der Waals surface area contributed by atoms with Crippen LogP contribution in [0.3, 0.4) is 0 Å². The molecule has 0 radical (unpaired) electrons. The first-order chi connectivity index (χ1) is 17.2. The van der Waals surface area contributed by atoms with Gasteiger partial charge in [0.2, 0.25) is 5.95 Å². The Labute approximate surface area is 203 Å². The summed E-state index contributed by atoms with van der Waals surface area (Å²) < 4.78 is 46.5. The number of hydrogen-bond acceptors (Lipinski definition) is 8. The summed E-state index contributed by atoms with van der Waals surface area (Å²) in [6.07, 6.45) is 2.63. The van der Waals surface area contributed by atoms with Gasteiger partial charge in [0.15, 0.2) is 5.75 Å². The van der Waals surface area contributed by atoms with Crippen LogP contribution in [0.1, 0.15) is 22.8 Å². The van der Waals surface area contributed by atoms with Crippen molar-refractivity contribution in [2.45, 2.75) is 25.7 Å². The molecule has 1 aliphatic heterocycles. The molecule has 0 spiro atoms. The van der Waals surface area contributed by atoms with Gasteiger partial charge in [-0.25, -0.2) is 15.1 Å². The molecule has 3 aromatic rings. The Morgan fingerprint density at radius 2 is 1.89 bits per heavy atom. The van der Waals surface area contributed by atoms with E-state index in [1.165, 1.54) is 0 Å². The fourth-order valence-electron chi connectivity index (χ4n) is 3.97. The van der Waals surface area contributed by atoms with E-state index in [9.17, 15) is 22.8 Å². The number of nitrogens with one attached hydrogen (secondary N) is 2. The monoisotopic (exact) mass is 506 g/mol. The summed E-state index contributed by atoms with van der Waals surface area (Å²) in [4.78, 5) is 36.9. The Morgan fingerprint density at radius 1 is 1.19 bits per heavy atom. The highest BCUT2D eigenvalue weighted by atomic mass is 19.4. The summed E-state index contributed by atoms with van der Waals surface area (Å²) >= 11 is 0. The van der Waals surface area contributed by atoms with Crippen LogP contribution in [-0.2, 0) is 12.7 Å². The van der Waals surface area contributed by atoms with Crippen molar-refractivity contribution in [1.82, 2.24) is 29.6 Å². The van der Waals surface area contributed by atoms with Crippen LogP contribution in [0.15, 0.2) is 41.8 Å². The maximum absolute atomic E-state index is 13.3. The third-order valence-electron chi connectivity index (χ3n) is 5.72. The zero-order valence-corrected chi connectivity index (χ0v) is 19.6. The van der Waals surface area contributed by atoms with E-state index < -0.39 is 29.0 Å². The third kappa shape index (κ3) is 5.58. The number of H-pyrrole nitrogens is 1. The van der Waals surface area contributed by atoms with Crippen LogP contribution in [0, 0.1) is 0 Å². The molecule has 0 bridgehead atoms. The number of piperazine rings is 1. The topological polar surface area (TPSA) is 121 Å². The molecule has 0 aliphatic carbocycles. The maximum Gasteiger partial charge on any atom is 0.423 e. The van der Waals surface area contributed by atoms with E-state index in [0.717, 1.165) is 6.20 Å². The van der Waals surface area contributed by atoms with Crippen molar-refractivity contribution in [1.29, 1.82) is 0 Å². The summed E-state index contributed by atoms with van der Waals surface area (Å²) in [5.74, 6) is 0.999. The fraction of sp³-hybridized carbons (Fsp3) is 0.409. The van der Waals surface area contributed by atoms with Gasteiger partial charge in [0, 0.05) is 51.2 Å². The molecule has 0 unspecified atom stereocenters. The van der Waals surface area contributed by atoms with Gasteiger partial charge in [0.05, 0.1) is 37.0 Å². The average molecular weight is 506 g/mol. The molecule has 2 N–H and O–H groups in total. The lowest BCUT2D eigenvalue weighted by atomic mass is 10.2. The van der Waals surface area contributed by atoms with Crippen molar-refractivity contribution < 1.29 is 22.7 Å². The van der Waals surface area contributed by atoms with E-state index in [1.807, 2.05) is 4.90 Å². The fourth-order valence-corrected chi connectivity index (χ4v) is 3.97. The summed E-state index contributed by atoms with van der Waals surface area (Å²) in [5.41, 5.74) is -2.56. The second-order valence-electron chi connectivity index (χ2n) is 8.33. The van der Waals surface area contributed by atoms with E-state index >= 15 is 0 Å². The average Bonchev–Trinajstić information content (AvgIpc) is 3.31.